The van der Waals surface area contributed by atoms with Crippen LogP contribution in [0.15, 0.2) is 0 Å². The highest BCUT2D eigenvalue weighted by molar-refractivity contribution is 5.76. The molecule has 3 N–H and O–H groups in total. The molecule has 1 saturated heterocycles. The monoisotopic (exact) mass is 256 g/mol. The highest BCUT2D eigenvalue weighted by Crippen LogP contribution is 2.21. The molecule has 0 aromatic heterocycles. The summed E-state index contributed by atoms with van der Waals surface area (Å²) in [6, 6.07) is 0. The van der Waals surface area contributed by atoms with Crippen molar-refractivity contribution < 1.29 is 9.90 Å². The van der Waals surface area contributed by atoms with E-state index in [0.717, 1.165) is 32.4 Å². The first-order chi connectivity index (χ1) is 8.53. The molecule has 0 aliphatic carbocycles. The Morgan fingerprint density at radius 2 is 2.28 bits per heavy atom. The van der Waals surface area contributed by atoms with Crippen molar-refractivity contribution in [3.05, 3.63) is 0 Å². The molecule has 0 aromatic carbocycles. The first-order valence-corrected chi connectivity index (χ1v) is 7.12. The molecule has 0 bridgehead atoms. The normalized spacial score (nSPS) is 20.7. The molecule has 0 radical (unpaired) electrons. The quantitative estimate of drug-likeness (QED) is 0.643. The lowest BCUT2D eigenvalue weighted by Crippen LogP contribution is -2.37. The lowest BCUT2D eigenvalue weighted by atomic mass is 9.87. The van der Waals surface area contributed by atoms with Crippen molar-refractivity contribution in [2.45, 2.75) is 46.0 Å². The minimum absolute atomic E-state index is 0.0726. The van der Waals surface area contributed by atoms with Gasteiger partial charge in [0.25, 0.3) is 0 Å². The van der Waals surface area contributed by atoms with Crippen LogP contribution in [0, 0.1) is 11.3 Å². The topological polar surface area (TPSA) is 61.4 Å². The van der Waals surface area contributed by atoms with Gasteiger partial charge in [0.05, 0.1) is 0 Å². The molecule has 1 rings (SSSR count). The average Bonchev–Trinajstić information content (AvgIpc) is 2.36. The number of hydrogen-bond acceptors (Lipinski definition) is 3. The van der Waals surface area contributed by atoms with Gasteiger partial charge in [-0.2, -0.15) is 0 Å². The second-order valence-corrected chi connectivity index (χ2v) is 6.18. The summed E-state index contributed by atoms with van der Waals surface area (Å²) in [6.07, 6.45) is 4.72. The van der Waals surface area contributed by atoms with Crippen LogP contribution >= 0.6 is 0 Å². The number of piperidine rings is 1. The van der Waals surface area contributed by atoms with Crippen molar-refractivity contribution in [1.82, 2.24) is 10.6 Å². The van der Waals surface area contributed by atoms with Crippen LogP contribution in [0.2, 0.25) is 0 Å². The Hall–Kier alpha value is -0.610. The van der Waals surface area contributed by atoms with E-state index in [1.54, 1.807) is 0 Å². The number of hydrogen-bond donors (Lipinski definition) is 3. The highest BCUT2D eigenvalue weighted by atomic mass is 16.2. The fourth-order valence-electron chi connectivity index (χ4n) is 2.42. The van der Waals surface area contributed by atoms with E-state index in [1.165, 1.54) is 6.42 Å². The van der Waals surface area contributed by atoms with Crippen LogP contribution in [-0.2, 0) is 4.79 Å². The second-order valence-electron chi connectivity index (χ2n) is 6.18. The molecule has 0 saturated carbocycles. The van der Waals surface area contributed by atoms with Gasteiger partial charge in [0.2, 0.25) is 5.91 Å². The Morgan fingerprint density at radius 3 is 2.89 bits per heavy atom. The molecule has 4 nitrogen and oxygen atoms in total. The molecule has 1 heterocycles. The lowest BCUT2D eigenvalue weighted by molar-refractivity contribution is -0.122. The zero-order valence-electron chi connectivity index (χ0n) is 11.8. The maximum atomic E-state index is 11.8. The molecule has 18 heavy (non-hydrogen) atoms. The Balaban J connectivity index is 2.19. The highest BCUT2D eigenvalue weighted by Gasteiger charge is 2.20. The molecular weight excluding hydrogens is 228 g/mol. The Bertz CT molecular complexity index is 248. The Morgan fingerprint density at radius 1 is 1.50 bits per heavy atom. The zero-order chi connectivity index (χ0) is 13.4. The summed E-state index contributed by atoms with van der Waals surface area (Å²) in [5.41, 5.74) is 0.0726. The van der Waals surface area contributed by atoms with Gasteiger partial charge in [0.15, 0.2) is 0 Å². The van der Waals surface area contributed by atoms with E-state index in [9.17, 15) is 4.79 Å². The summed E-state index contributed by atoms with van der Waals surface area (Å²) in [5.74, 6) is 0.667. The van der Waals surface area contributed by atoms with Gasteiger partial charge in [-0.25, -0.2) is 0 Å². The van der Waals surface area contributed by atoms with Crippen molar-refractivity contribution in [3.8, 4) is 0 Å². The van der Waals surface area contributed by atoms with Crippen LogP contribution in [0.3, 0.4) is 0 Å². The predicted molar refractivity (Wildman–Crippen MR) is 73.3 cm³/mol. The van der Waals surface area contributed by atoms with Gasteiger partial charge in [0.1, 0.15) is 0 Å². The van der Waals surface area contributed by atoms with Gasteiger partial charge in [-0.1, -0.05) is 13.8 Å². The molecular formula is C14H28N2O2. The van der Waals surface area contributed by atoms with Crippen LogP contribution in [0.4, 0.5) is 0 Å². The summed E-state index contributed by atoms with van der Waals surface area (Å²) in [7, 11) is 0. The number of amides is 1. The van der Waals surface area contributed by atoms with E-state index in [-0.39, 0.29) is 17.9 Å². The molecule has 1 atom stereocenters. The lowest BCUT2D eigenvalue weighted by Gasteiger charge is -2.26. The molecule has 4 heteroatoms. The second kappa shape index (κ2) is 7.74. The van der Waals surface area contributed by atoms with Gasteiger partial charge >= 0.3 is 0 Å². The Kier molecular flexibility index (Phi) is 6.65. The number of aliphatic hydroxyl groups is 1. The minimum atomic E-state index is 0.0726. The maximum absolute atomic E-state index is 11.8. The van der Waals surface area contributed by atoms with E-state index in [2.05, 4.69) is 24.5 Å². The number of carbonyl (C=O) groups excluding carboxylic acids is 1. The zero-order valence-corrected chi connectivity index (χ0v) is 11.8. The summed E-state index contributed by atoms with van der Waals surface area (Å²) in [6.45, 7) is 7.25. The Labute approximate surface area is 111 Å². The molecule has 1 aliphatic rings. The van der Waals surface area contributed by atoms with Crippen LogP contribution in [-0.4, -0.2) is 37.3 Å². The molecule has 0 spiro atoms. The van der Waals surface area contributed by atoms with E-state index >= 15 is 0 Å². The number of nitrogens with one attached hydrogen (secondary N) is 2. The van der Waals surface area contributed by atoms with Gasteiger partial charge in [0, 0.05) is 19.6 Å². The SMILES string of the molecule is CC(C)(CCCO)CNC(=O)CC1CCCNC1. The van der Waals surface area contributed by atoms with Gasteiger partial charge in [-0.15, -0.1) is 0 Å². The van der Waals surface area contributed by atoms with Gasteiger partial charge in [-0.05, 0) is 50.1 Å². The minimum Gasteiger partial charge on any atom is -0.396 e. The van der Waals surface area contributed by atoms with Gasteiger partial charge < -0.3 is 15.7 Å². The first kappa shape index (κ1) is 15.4. The molecule has 1 fully saturated rings. The number of carbonyl (C=O) groups is 1. The van der Waals surface area contributed by atoms with E-state index < -0.39 is 0 Å². The number of rotatable bonds is 7. The summed E-state index contributed by atoms with van der Waals surface area (Å²) in [4.78, 5) is 11.8. The fourth-order valence-corrected chi connectivity index (χ4v) is 2.42. The van der Waals surface area contributed by atoms with Crippen molar-refractivity contribution in [1.29, 1.82) is 0 Å². The van der Waals surface area contributed by atoms with Crippen LogP contribution in [0.5, 0.6) is 0 Å². The summed E-state index contributed by atoms with van der Waals surface area (Å²) < 4.78 is 0. The van der Waals surface area contributed by atoms with Crippen molar-refractivity contribution in [2.75, 3.05) is 26.2 Å². The first-order valence-electron chi connectivity index (χ1n) is 7.12. The third-order valence-electron chi connectivity index (χ3n) is 3.65. The van der Waals surface area contributed by atoms with Crippen molar-refractivity contribution in [3.63, 3.8) is 0 Å². The van der Waals surface area contributed by atoms with E-state index in [1.807, 2.05) is 0 Å². The third kappa shape index (κ3) is 6.36. The predicted octanol–water partition coefficient (Wildman–Crippen LogP) is 1.29. The van der Waals surface area contributed by atoms with E-state index in [4.69, 9.17) is 5.11 Å². The maximum Gasteiger partial charge on any atom is 0.220 e. The average molecular weight is 256 g/mol. The van der Waals surface area contributed by atoms with Gasteiger partial charge in [-0.3, -0.25) is 4.79 Å². The molecule has 106 valence electrons. The summed E-state index contributed by atoms with van der Waals surface area (Å²) in [5, 5.41) is 15.2. The fraction of sp³-hybridized carbons (Fsp3) is 0.929. The third-order valence-corrected chi connectivity index (χ3v) is 3.65. The standard InChI is InChI=1S/C14H28N2O2/c1-14(2,6-4-8-17)11-16-13(18)9-12-5-3-7-15-10-12/h12,15,17H,3-11H2,1-2H3,(H,16,18). The molecule has 1 aliphatic heterocycles. The number of aliphatic hydroxyl groups excluding tert-OH is 1. The van der Waals surface area contributed by atoms with Crippen LogP contribution < -0.4 is 10.6 Å². The molecule has 1 amide bonds. The molecule has 0 aromatic rings. The summed E-state index contributed by atoms with van der Waals surface area (Å²) >= 11 is 0. The molecule has 1 unspecified atom stereocenters. The smallest absolute Gasteiger partial charge is 0.220 e. The van der Waals surface area contributed by atoms with Crippen molar-refractivity contribution >= 4 is 5.91 Å². The van der Waals surface area contributed by atoms with Crippen LogP contribution in [0.25, 0.3) is 0 Å². The largest absolute Gasteiger partial charge is 0.396 e. The van der Waals surface area contributed by atoms with Crippen LogP contribution in [0.1, 0.15) is 46.0 Å². The van der Waals surface area contributed by atoms with Crippen molar-refractivity contribution in [2.24, 2.45) is 11.3 Å². The van der Waals surface area contributed by atoms with E-state index in [0.29, 0.717) is 18.9 Å².